The summed E-state index contributed by atoms with van der Waals surface area (Å²) in [6.07, 6.45) is -7.37. The summed E-state index contributed by atoms with van der Waals surface area (Å²) in [5.41, 5.74) is 5.61. The van der Waals surface area contributed by atoms with Gasteiger partial charge in [-0.3, -0.25) is 0 Å². The van der Waals surface area contributed by atoms with Gasteiger partial charge in [0.25, 0.3) is 0 Å². The van der Waals surface area contributed by atoms with E-state index >= 15 is 0 Å². The Bertz CT molecular complexity index is 598. The number of halogens is 3. The molecule has 2 rings (SSSR count). The first-order chi connectivity index (χ1) is 8.79. The van der Waals surface area contributed by atoms with E-state index in [1.54, 1.807) is 12.1 Å². The Hall–Kier alpha value is -1.79. The van der Waals surface area contributed by atoms with E-state index < -0.39 is 18.3 Å². The minimum atomic E-state index is -4.76. The van der Waals surface area contributed by atoms with Gasteiger partial charge in [0.05, 0.1) is 6.04 Å². The zero-order chi connectivity index (χ0) is 14.2. The molecule has 102 valence electrons. The summed E-state index contributed by atoms with van der Waals surface area (Å²) in [5, 5.41) is 19.7. The van der Waals surface area contributed by atoms with E-state index in [1.165, 1.54) is 24.3 Å². The average molecular weight is 271 g/mol. The number of aliphatic hydroxyl groups is 1. The van der Waals surface area contributed by atoms with Crippen molar-refractivity contribution in [2.24, 2.45) is 5.73 Å². The highest BCUT2D eigenvalue weighted by molar-refractivity contribution is 5.84. The largest absolute Gasteiger partial charge is 0.508 e. The van der Waals surface area contributed by atoms with Gasteiger partial charge < -0.3 is 15.9 Å². The molecule has 0 aliphatic carbocycles. The summed E-state index contributed by atoms with van der Waals surface area (Å²) < 4.78 is 37.2. The first kappa shape index (κ1) is 13.6. The molecule has 0 heterocycles. The number of rotatable bonds is 2. The normalized spacial score (nSPS) is 15.4. The van der Waals surface area contributed by atoms with Gasteiger partial charge in [-0.15, -0.1) is 0 Å². The molecule has 0 radical (unpaired) electrons. The lowest BCUT2D eigenvalue weighted by Crippen LogP contribution is -2.38. The number of alkyl halides is 3. The molecule has 2 aromatic carbocycles. The van der Waals surface area contributed by atoms with Crippen LogP contribution in [0.5, 0.6) is 5.75 Å². The fraction of sp³-hybridized carbons (Fsp3) is 0.231. The van der Waals surface area contributed by atoms with Crippen LogP contribution in [-0.4, -0.2) is 22.5 Å². The number of hydrogen-bond donors (Lipinski definition) is 3. The van der Waals surface area contributed by atoms with E-state index in [0.29, 0.717) is 10.8 Å². The third kappa shape index (κ3) is 2.80. The lowest BCUT2D eigenvalue weighted by Gasteiger charge is -2.21. The van der Waals surface area contributed by atoms with Crippen molar-refractivity contribution in [1.29, 1.82) is 0 Å². The summed E-state index contributed by atoms with van der Waals surface area (Å²) in [7, 11) is 0. The molecular weight excluding hydrogens is 259 g/mol. The second-order valence-corrected chi connectivity index (χ2v) is 4.30. The number of fused-ring (bicyclic) bond motifs is 1. The summed E-state index contributed by atoms with van der Waals surface area (Å²) in [6.45, 7) is 0. The van der Waals surface area contributed by atoms with Crippen LogP contribution < -0.4 is 5.73 Å². The van der Waals surface area contributed by atoms with Crippen molar-refractivity contribution in [1.82, 2.24) is 0 Å². The summed E-state index contributed by atoms with van der Waals surface area (Å²) >= 11 is 0. The van der Waals surface area contributed by atoms with Gasteiger partial charge >= 0.3 is 6.18 Å². The van der Waals surface area contributed by atoms with E-state index in [9.17, 15) is 18.3 Å². The van der Waals surface area contributed by atoms with Crippen LogP contribution >= 0.6 is 0 Å². The molecule has 0 fully saturated rings. The second kappa shape index (κ2) is 4.71. The van der Waals surface area contributed by atoms with Crippen LogP contribution in [0.2, 0.25) is 0 Å². The Kier molecular flexibility index (Phi) is 3.38. The lowest BCUT2D eigenvalue weighted by molar-refractivity contribution is -0.210. The molecule has 3 nitrogen and oxygen atoms in total. The maximum atomic E-state index is 12.4. The Morgan fingerprint density at radius 1 is 1.00 bits per heavy atom. The van der Waals surface area contributed by atoms with Gasteiger partial charge in [0.15, 0.2) is 6.10 Å². The summed E-state index contributed by atoms with van der Waals surface area (Å²) in [4.78, 5) is 0. The molecule has 0 bridgehead atoms. The smallest absolute Gasteiger partial charge is 0.416 e. The molecule has 0 aromatic heterocycles. The number of nitrogens with two attached hydrogens (primary N) is 1. The molecular formula is C13H12F3NO2. The number of benzene rings is 2. The maximum Gasteiger partial charge on any atom is 0.416 e. The molecule has 0 amide bonds. The van der Waals surface area contributed by atoms with E-state index in [1.807, 2.05) is 0 Å². The van der Waals surface area contributed by atoms with Crippen molar-refractivity contribution < 1.29 is 23.4 Å². The number of aromatic hydroxyl groups is 1. The molecule has 19 heavy (non-hydrogen) atoms. The number of hydrogen-bond acceptors (Lipinski definition) is 3. The Labute approximate surface area is 107 Å². The van der Waals surface area contributed by atoms with Crippen LogP contribution in [0, 0.1) is 0 Å². The Balaban J connectivity index is 2.38. The summed E-state index contributed by atoms with van der Waals surface area (Å²) in [6, 6.07) is 7.37. The van der Waals surface area contributed by atoms with Crippen LogP contribution in [0.4, 0.5) is 13.2 Å². The topological polar surface area (TPSA) is 66.5 Å². The molecule has 0 saturated heterocycles. The van der Waals surface area contributed by atoms with Crippen LogP contribution in [0.1, 0.15) is 11.6 Å². The minimum Gasteiger partial charge on any atom is -0.508 e. The van der Waals surface area contributed by atoms with Gasteiger partial charge in [0, 0.05) is 0 Å². The second-order valence-electron chi connectivity index (χ2n) is 4.30. The standard InChI is InChI=1S/C13H12F3NO2/c14-13(15,16)12(19)11(17)9-2-1-8-6-10(18)4-3-7(8)5-9/h1-6,11-12,18-19H,17H2/t11-,12-/m0/s1. The number of aliphatic hydroxyl groups excluding tert-OH is 1. The van der Waals surface area contributed by atoms with Gasteiger partial charge in [0.1, 0.15) is 5.75 Å². The molecule has 0 unspecified atom stereocenters. The molecule has 2 aromatic rings. The van der Waals surface area contributed by atoms with E-state index in [0.717, 1.165) is 0 Å². The lowest BCUT2D eigenvalue weighted by atomic mass is 9.98. The monoisotopic (exact) mass is 271 g/mol. The zero-order valence-corrected chi connectivity index (χ0v) is 9.72. The highest BCUT2D eigenvalue weighted by atomic mass is 19.4. The Morgan fingerprint density at radius 3 is 2.21 bits per heavy atom. The quantitative estimate of drug-likeness (QED) is 0.786. The van der Waals surface area contributed by atoms with Crippen molar-refractivity contribution in [3.05, 3.63) is 42.0 Å². The first-order valence-electron chi connectivity index (χ1n) is 5.52. The van der Waals surface area contributed by atoms with E-state index in [4.69, 9.17) is 10.8 Å². The van der Waals surface area contributed by atoms with Crippen molar-refractivity contribution >= 4 is 10.8 Å². The van der Waals surface area contributed by atoms with Crippen molar-refractivity contribution in [2.45, 2.75) is 18.3 Å². The molecule has 4 N–H and O–H groups in total. The fourth-order valence-electron chi connectivity index (χ4n) is 1.84. The molecule has 6 heteroatoms. The SMILES string of the molecule is N[C@@H](c1ccc2cc(O)ccc2c1)[C@H](O)C(F)(F)F. The zero-order valence-electron chi connectivity index (χ0n) is 9.72. The summed E-state index contributed by atoms with van der Waals surface area (Å²) in [5.74, 6) is 0.0693. The van der Waals surface area contributed by atoms with Gasteiger partial charge in [-0.2, -0.15) is 13.2 Å². The van der Waals surface area contributed by atoms with Gasteiger partial charge in [0.2, 0.25) is 0 Å². The minimum absolute atomic E-state index is 0.0693. The first-order valence-corrected chi connectivity index (χ1v) is 5.52. The maximum absolute atomic E-state index is 12.4. The van der Waals surface area contributed by atoms with Gasteiger partial charge in [-0.1, -0.05) is 18.2 Å². The van der Waals surface area contributed by atoms with Gasteiger partial charge in [-0.05, 0) is 34.5 Å². The van der Waals surface area contributed by atoms with Crippen molar-refractivity contribution in [2.75, 3.05) is 0 Å². The Morgan fingerprint density at radius 2 is 1.58 bits per heavy atom. The van der Waals surface area contributed by atoms with E-state index in [-0.39, 0.29) is 11.3 Å². The number of phenolic OH excluding ortho intramolecular Hbond substituents is 1. The molecule has 0 aliphatic rings. The average Bonchev–Trinajstić information content (AvgIpc) is 2.35. The van der Waals surface area contributed by atoms with Gasteiger partial charge in [-0.25, -0.2) is 0 Å². The van der Waals surface area contributed by atoms with Crippen LogP contribution in [0.15, 0.2) is 36.4 Å². The molecule has 0 spiro atoms. The highest BCUT2D eigenvalue weighted by Crippen LogP contribution is 2.30. The van der Waals surface area contributed by atoms with Crippen molar-refractivity contribution in [3.8, 4) is 5.75 Å². The van der Waals surface area contributed by atoms with E-state index in [2.05, 4.69) is 0 Å². The third-order valence-corrected chi connectivity index (χ3v) is 2.91. The van der Waals surface area contributed by atoms with Crippen molar-refractivity contribution in [3.63, 3.8) is 0 Å². The third-order valence-electron chi connectivity index (χ3n) is 2.91. The van der Waals surface area contributed by atoms with Crippen LogP contribution in [0.3, 0.4) is 0 Å². The fourth-order valence-corrected chi connectivity index (χ4v) is 1.84. The highest BCUT2D eigenvalue weighted by Gasteiger charge is 2.42. The predicted octanol–water partition coefficient (Wildman–Crippen LogP) is 2.47. The van der Waals surface area contributed by atoms with Crippen LogP contribution in [0.25, 0.3) is 10.8 Å². The molecule has 0 aliphatic heterocycles. The molecule has 2 atom stereocenters. The molecule has 0 saturated carbocycles. The van der Waals surface area contributed by atoms with Crippen LogP contribution in [-0.2, 0) is 0 Å². The number of phenols is 1. The predicted molar refractivity (Wildman–Crippen MR) is 64.6 cm³/mol.